The molecule has 0 spiro atoms. The van der Waals surface area contributed by atoms with Crippen molar-refractivity contribution in [2.75, 3.05) is 11.4 Å². The maximum atomic E-state index is 6.12. The first-order valence-corrected chi connectivity index (χ1v) is 9.44. The van der Waals surface area contributed by atoms with Gasteiger partial charge in [-0.2, -0.15) is 5.10 Å². The van der Waals surface area contributed by atoms with Crippen LogP contribution in [-0.4, -0.2) is 36.1 Å². The van der Waals surface area contributed by atoms with E-state index in [0.717, 1.165) is 46.0 Å². The Hall–Kier alpha value is -3.19. The van der Waals surface area contributed by atoms with Crippen molar-refractivity contribution < 1.29 is 0 Å². The highest BCUT2D eigenvalue weighted by Gasteiger charge is 2.28. The van der Waals surface area contributed by atoms with E-state index in [4.69, 9.17) is 11.6 Å². The molecule has 7 nitrogen and oxygen atoms in total. The van der Waals surface area contributed by atoms with E-state index in [1.807, 2.05) is 37.3 Å². The molecule has 4 aromatic rings. The SMILES string of the molecule is Cc1nnc2n1-c1ccc(-n3cncn3)cc1N(c1ccc(Cl)cc1)C[C@H]2C. The molecule has 0 saturated carbocycles. The predicted octanol–water partition coefficient (Wildman–Crippen LogP) is 4.07. The van der Waals surface area contributed by atoms with Crippen LogP contribution in [0.25, 0.3) is 11.4 Å². The van der Waals surface area contributed by atoms with E-state index in [0.29, 0.717) is 0 Å². The molecular formula is C20H18ClN7. The van der Waals surface area contributed by atoms with Crippen molar-refractivity contribution in [2.24, 2.45) is 0 Å². The van der Waals surface area contributed by atoms with Gasteiger partial charge in [-0.1, -0.05) is 18.5 Å². The number of halogens is 1. The van der Waals surface area contributed by atoms with Gasteiger partial charge in [-0.15, -0.1) is 10.2 Å². The number of hydrogen-bond acceptors (Lipinski definition) is 5. The van der Waals surface area contributed by atoms with Crippen LogP contribution >= 0.6 is 11.6 Å². The lowest BCUT2D eigenvalue weighted by molar-refractivity contribution is 0.696. The van der Waals surface area contributed by atoms with Crippen LogP contribution in [0, 0.1) is 6.92 Å². The van der Waals surface area contributed by atoms with Crippen molar-refractivity contribution in [1.82, 2.24) is 29.5 Å². The number of aryl methyl sites for hydroxylation is 1. The van der Waals surface area contributed by atoms with E-state index < -0.39 is 0 Å². The van der Waals surface area contributed by atoms with E-state index in [1.54, 1.807) is 11.0 Å². The minimum absolute atomic E-state index is 0.194. The van der Waals surface area contributed by atoms with Gasteiger partial charge in [-0.3, -0.25) is 4.57 Å². The maximum absolute atomic E-state index is 6.12. The van der Waals surface area contributed by atoms with E-state index in [9.17, 15) is 0 Å². The summed E-state index contributed by atoms with van der Waals surface area (Å²) in [5.74, 6) is 2.03. The summed E-state index contributed by atoms with van der Waals surface area (Å²) in [5.41, 5.74) is 4.12. The number of nitrogens with zero attached hydrogens (tertiary/aromatic N) is 7. The highest BCUT2D eigenvalue weighted by Crippen LogP contribution is 2.39. The zero-order chi connectivity index (χ0) is 19.3. The summed E-state index contributed by atoms with van der Waals surface area (Å²) in [6.07, 6.45) is 3.23. The van der Waals surface area contributed by atoms with E-state index in [1.165, 1.54) is 6.33 Å². The number of aromatic nitrogens is 6. The molecule has 1 aliphatic rings. The summed E-state index contributed by atoms with van der Waals surface area (Å²) in [4.78, 5) is 6.36. The minimum Gasteiger partial charge on any atom is -0.339 e. The molecule has 0 fully saturated rings. The van der Waals surface area contributed by atoms with E-state index in [-0.39, 0.29) is 5.92 Å². The van der Waals surface area contributed by atoms with Gasteiger partial charge < -0.3 is 4.90 Å². The van der Waals surface area contributed by atoms with Gasteiger partial charge in [-0.25, -0.2) is 9.67 Å². The van der Waals surface area contributed by atoms with Crippen molar-refractivity contribution in [1.29, 1.82) is 0 Å². The number of anilines is 2. The lowest BCUT2D eigenvalue weighted by atomic mass is 10.1. The third-order valence-corrected chi connectivity index (χ3v) is 5.31. The predicted molar refractivity (Wildman–Crippen MR) is 108 cm³/mol. The molecule has 8 heteroatoms. The molecule has 1 aliphatic heterocycles. The first-order valence-electron chi connectivity index (χ1n) is 9.06. The van der Waals surface area contributed by atoms with Crippen molar-refractivity contribution in [3.05, 3.63) is 71.8 Å². The highest BCUT2D eigenvalue weighted by molar-refractivity contribution is 6.30. The number of rotatable bonds is 2. The van der Waals surface area contributed by atoms with E-state index in [2.05, 4.69) is 48.8 Å². The van der Waals surface area contributed by atoms with Gasteiger partial charge in [0.05, 0.1) is 17.1 Å². The fourth-order valence-corrected chi connectivity index (χ4v) is 3.84. The Morgan fingerprint density at radius 2 is 1.79 bits per heavy atom. The van der Waals surface area contributed by atoms with Crippen LogP contribution in [0.4, 0.5) is 11.4 Å². The molecule has 0 aliphatic carbocycles. The Kier molecular flexibility index (Phi) is 3.91. The topological polar surface area (TPSA) is 64.7 Å². The molecule has 3 heterocycles. The van der Waals surface area contributed by atoms with Gasteiger partial charge >= 0.3 is 0 Å². The molecule has 0 unspecified atom stereocenters. The smallest absolute Gasteiger partial charge is 0.142 e. The van der Waals surface area contributed by atoms with Gasteiger partial charge in [0.15, 0.2) is 0 Å². The van der Waals surface area contributed by atoms with Crippen LogP contribution < -0.4 is 4.90 Å². The summed E-state index contributed by atoms with van der Waals surface area (Å²) in [6, 6.07) is 14.2. The minimum atomic E-state index is 0.194. The van der Waals surface area contributed by atoms with Crippen LogP contribution in [0.2, 0.25) is 5.02 Å². The van der Waals surface area contributed by atoms with Crippen LogP contribution in [0.5, 0.6) is 0 Å². The normalized spacial score (nSPS) is 15.8. The molecule has 0 saturated heterocycles. The summed E-state index contributed by atoms with van der Waals surface area (Å²) in [5, 5.41) is 13.8. The Balaban J connectivity index is 1.75. The third-order valence-electron chi connectivity index (χ3n) is 5.06. The Morgan fingerprint density at radius 1 is 1.00 bits per heavy atom. The molecule has 0 amide bonds. The van der Waals surface area contributed by atoms with Crippen LogP contribution in [0.1, 0.15) is 24.5 Å². The Morgan fingerprint density at radius 3 is 2.54 bits per heavy atom. The maximum Gasteiger partial charge on any atom is 0.142 e. The highest BCUT2D eigenvalue weighted by atomic mass is 35.5. The molecular weight excluding hydrogens is 374 g/mol. The number of fused-ring (bicyclic) bond motifs is 3. The zero-order valence-corrected chi connectivity index (χ0v) is 16.2. The molecule has 5 rings (SSSR count). The summed E-state index contributed by atoms with van der Waals surface area (Å²) < 4.78 is 3.90. The van der Waals surface area contributed by atoms with E-state index >= 15 is 0 Å². The zero-order valence-electron chi connectivity index (χ0n) is 15.5. The fourth-order valence-electron chi connectivity index (χ4n) is 3.72. The van der Waals surface area contributed by atoms with Crippen LogP contribution in [0.15, 0.2) is 55.1 Å². The van der Waals surface area contributed by atoms with Gasteiger partial charge in [0, 0.05) is 23.2 Å². The summed E-state index contributed by atoms with van der Waals surface area (Å²) in [6.45, 7) is 4.93. The average molecular weight is 392 g/mol. The standard InChI is InChI=1S/C20H18ClN7/c1-13-10-26(16-5-3-15(21)4-6-16)19-9-17(27-12-22-11-23-27)7-8-18(19)28-14(2)24-25-20(13)28/h3-9,11-13H,10H2,1-2H3/t13-/m1/s1. The quantitative estimate of drug-likeness (QED) is 0.515. The molecule has 0 N–H and O–H groups in total. The van der Waals surface area contributed by atoms with Crippen molar-refractivity contribution in [3.63, 3.8) is 0 Å². The molecule has 140 valence electrons. The monoisotopic (exact) mass is 391 g/mol. The molecule has 2 aromatic heterocycles. The molecule has 1 atom stereocenters. The number of hydrogen-bond donors (Lipinski definition) is 0. The lowest BCUT2D eigenvalue weighted by Gasteiger charge is -2.27. The number of benzene rings is 2. The average Bonchev–Trinajstić information content (AvgIpc) is 3.34. The third kappa shape index (κ3) is 2.66. The largest absolute Gasteiger partial charge is 0.339 e. The second-order valence-electron chi connectivity index (χ2n) is 6.94. The first-order chi connectivity index (χ1) is 13.6. The van der Waals surface area contributed by atoms with Crippen LogP contribution in [-0.2, 0) is 0 Å². The molecule has 0 bridgehead atoms. The Labute approximate surface area is 167 Å². The van der Waals surface area contributed by atoms with Crippen LogP contribution in [0.3, 0.4) is 0 Å². The first kappa shape index (κ1) is 16.9. The lowest BCUT2D eigenvalue weighted by Crippen LogP contribution is -2.22. The van der Waals surface area contributed by atoms with Crippen molar-refractivity contribution in [3.8, 4) is 11.4 Å². The van der Waals surface area contributed by atoms with Gasteiger partial charge in [0.25, 0.3) is 0 Å². The molecule has 0 radical (unpaired) electrons. The second kappa shape index (κ2) is 6.45. The molecule has 2 aromatic carbocycles. The summed E-state index contributed by atoms with van der Waals surface area (Å²) in [7, 11) is 0. The van der Waals surface area contributed by atoms with Gasteiger partial charge in [0.1, 0.15) is 24.3 Å². The second-order valence-corrected chi connectivity index (χ2v) is 7.38. The Bertz CT molecular complexity index is 1130. The van der Waals surface area contributed by atoms with Crippen molar-refractivity contribution >= 4 is 23.0 Å². The van der Waals surface area contributed by atoms with Crippen molar-refractivity contribution in [2.45, 2.75) is 19.8 Å². The molecule has 28 heavy (non-hydrogen) atoms. The van der Waals surface area contributed by atoms with Gasteiger partial charge in [-0.05, 0) is 49.4 Å². The summed E-state index contributed by atoms with van der Waals surface area (Å²) >= 11 is 6.12. The van der Waals surface area contributed by atoms with Gasteiger partial charge in [0.2, 0.25) is 0 Å². The fraction of sp³-hybridized carbons (Fsp3) is 0.200.